The normalized spacial score (nSPS) is 12.2. The lowest BCUT2D eigenvalue weighted by Gasteiger charge is -2.09. The van der Waals surface area contributed by atoms with Gasteiger partial charge in [-0.25, -0.2) is 4.79 Å². The second-order valence-corrected chi connectivity index (χ2v) is 4.45. The third-order valence-electron chi connectivity index (χ3n) is 3.10. The van der Waals surface area contributed by atoms with E-state index in [2.05, 4.69) is 18.7 Å². The van der Waals surface area contributed by atoms with E-state index in [0.29, 0.717) is 0 Å². The average molecular weight is 264 g/mol. The molecule has 2 nitrogen and oxygen atoms in total. The third-order valence-corrected chi connectivity index (χ3v) is 3.10. The summed E-state index contributed by atoms with van der Waals surface area (Å²) in [4.78, 5) is 10.6. The van der Waals surface area contributed by atoms with Gasteiger partial charge in [-0.3, -0.25) is 0 Å². The van der Waals surface area contributed by atoms with Crippen molar-refractivity contribution >= 4 is 5.97 Å². The van der Waals surface area contributed by atoms with Crippen molar-refractivity contribution in [2.24, 2.45) is 0 Å². The summed E-state index contributed by atoms with van der Waals surface area (Å²) in [5, 5.41) is 8.68. The lowest BCUT2D eigenvalue weighted by Crippen LogP contribution is -1.93. The lowest BCUT2D eigenvalue weighted by atomic mass is 9.96. The van der Waals surface area contributed by atoms with Crippen LogP contribution in [0.25, 0.3) is 11.1 Å². The molecule has 2 rings (SSSR count). The summed E-state index contributed by atoms with van der Waals surface area (Å²) in [6.45, 7) is 3.75. The first-order valence-electron chi connectivity index (χ1n) is 6.40. The Morgan fingerprint density at radius 2 is 1.60 bits per heavy atom. The van der Waals surface area contributed by atoms with Crippen molar-refractivity contribution in [3.05, 3.63) is 85.0 Å². The highest BCUT2D eigenvalue weighted by atomic mass is 16.4. The van der Waals surface area contributed by atoms with Gasteiger partial charge in [0.15, 0.2) is 0 Å². The number of hydrogen-bond donors (Lipinski definition) is 1. The van der Waals surface area contributed by atoms with Gasteiger partial charge < -0.3 is 5.11 Å². The molecule has 0 saturated carbocycles. The van der Waals surface area contributed by atoms with Gasteiger partial charge in [-0.05, 0) is 16.7 Å². The monoisotopic (exact) mass is 264 g/mol. The molecule has 0 amide bonds. The topological polar surface area (TPSA) is 37.3 Å². The van der Waals surface area contributed by atoms with E-state index in [1.54, 1.807) is 12.2 Å². The first-order chi connectivity index (χ1) is 9.70. The molecule has 0 aliphatic carbocycles. The maximum atomic E-state index is 10.6. The zero-order chi connectivity index (χ0) is 14.4. The van der Waals surface area contributed by atoms with E-state index < -0.39 is 5.97 Å². The molecule has 0 aliphatic rings. The van der Waals surface area contributed by atoms with Crippen LogP contribution in [0.1, 0.15) is 11.5 Å². The Balaban J connectivity index is 2.23. The Morgan fingerprint density at radius 1 is 1.00 bits per heavy atom. The summed E-state index contributed by atoms with van der Waals surface area (Å²) in [7, 11) is 0. The number of rotatable bonds is 5. The van der Waals surface area contributed by atoms with E-state index in [1.165, 1.54) is 0 Å². The van der Waals surface area contributed by atoms with Gasteiger partial charge in [0.2, 0.25) is 0 Å². The minimum Gasteiger partial charge on any atom is -0.478 e. The smallest absolute Gasteiger partial charge is 0.328 e. The van der Waals surface area contributed by atoms with Gasteiger partial charge in [0.1, 0.15) is 0 Å². The fraction of sp³-hybridized carbons (Fsp3) is 0.0556. The van der Waals surface area contributed by atoms with Crippen molar-refractivity contribution in [1.82, 2.24) is 0 Å². The highest BCUT2D eigenvalue weighted by Gasteiger charge is 2.05. The quantitative estimate of drug-likeness (QED) is 0.647. The zero-order valence-corrected chi connectivity index (χ0v) is 11.1. The van der Waals surface area contributed by atoms with Crippen LogP contribution in [-0.4, -0.2) is 11.1 Å². The van der Waals surface area contributed by atoms with Crippen LogP contribution in [0.15, 0.2) is 79.4 Å². The molecule has 0 bridgehead atoms. The predicted molar refractivity (Wildman–Crippen MR) is 81.6 cm³/mol. The van der Waals surface area contributed by atoms with Gasteiger partial charge in [-0.2, -0.15) is 0 Å². The summed E-state index contributed by atoms with van der Waals surface area (Å²) >= 11 is 0. The molecule has 2 aromatic carbocycles. The van der Waals surface area contributed by atoms with Gasteiger partial charge >= 0.3 is 5.97 Å². The van der Waals surface area contributed by atoms with E-state index >= 15 is 0 Å². The third kappa shape index (κ3) is 3.45. The van der Waals surface area contributed by atoms with Crippen molar-refractivity contribution in [2.45, 2.75) is 5.92 Å². The first kappa shape index (κ1) is 13.8. The van der Waals surface area contributed by atoms with Gasteiger partial charge in [0, 0.05) is 12.0 Å². The largest absolute Gasteiger partial charge is 0.478 e. The molecule has 0 radical (unpaired) electrons. The second kappa shape index (κ2) is 6.53. The second-order valence-electron chi connectivity index (χ2n) is 4.45. The van der Waals surface area contributed by atoms with Crippen LogP contribution < -0.4 is 0 Å². The van der Waals surface area contributed by atoms with Crippen LogP contribution in [0.2, 0.25) is 0 Å². The van der Waals surface area contributed by atoms with Crippen LogP contribution in [0.5, 0.6) is 0 Å². The number of carboxylic acids is 1. The van der Waals surface area contributed by atoms with Gasteiger partial charge in [-0.15, -0.1) is 6.58 Å². The van der Waals surface area contributed by atoms with Crippen LogP contribution in [0.4, 0.5) is 0 Å². The van der Waals surface area contributed by atoms with Crippen molar-refractivity contribution in [2.75, 3.05) is 0 Å². The minimum absolute atomic E-state index is 0.0871. The Hall–Kier alpha value is -2.61. The highest BCUT2D eigenvalue weighted by molar-refractivity contribution is 5.80. The van der Waals surface area contributed by atoms with E-state index in [1.807, 2.05) is 42.5 Å². The number of aliphatic carboxylic acids is 1. The number of carboxylic acid groups (broad SMARTS) is 1. The summed E-state index contributed by atoms with van der Waals surface area (Å²) in [5.41, 5.74) is 3.33. The van der Waals surface area contributed by atoms with Crippen molar-refractivity contribution in [3.8, 4) is 11.1 Å². The predicted octanol–water partition coefficient (Wildman–Crippen LogP) is 4.26. The molecule has 2 aromatic rings. The maximum absolute atomic E-state index is 10.6. The van der Waals surface area contributed by atoms with E-state index in [0.717, 1.165) is 22.8 Å². The van der Waals surface area contributed by atoms with Crippen molar-refractivity contribution in [1.29, 1.82) is 0 Å². The molecular formula is C18H16O2. The summed E-state index contributed by atoms with van der Waals surface area (Å²) in [5.74, 6) is -1.03. The molecule has 0 aliphatic heterocycles. The van der Waals surface area contributed by atoms with Crippen LogP contribution >= 0.6 is 0 Å². The zero-order valence-electron chi connectivity index (χ0n) is 11.1. The number of allylic oxidation sites excluding steroid dienone is 2. The molecule has 0 aromatic heterocycles. The molecule has 1 unspecified atom stereocenters. The van der Waals surface area contributed by atoms with E-state index in [-0.39, 0.29) is 5.92 Å². The standard InChI is InChI=1S/C18H16O2/c1-2-14(12-13-18(19)20)16-8-10-17(11-9-16)15-6-4-3-5-7-15/h2-14H,1H2,(H,19,20). The SMILES string of the molecule is C=CC(C=CC(=O)O)c1ccc(-c2ccccc2)cc1. The summed E-state index contributed by atoms with van der Waals surface area (Å²) in [6, 6.07) is 18.2. The summed E-state index contributed by atoms with van der Waals surface area (Å²) < 4.78 is 0. The fourth-order valence-corrected chi connectivity index (χ4v) is 2.04. The van der Waals surface area contributed by atoms with Crippen molar-refractivity contribution in [3.63, 3.8) is 0 Å². The Bertz CT molecular complexity index is 610. The first-order valence-corrected chi connectivity index (χ1v) is 6.40. The van der Waals surface area contributed by atoms with Crippen molar-refractivity contribution < 1.29 is 9.90 Å². The molecule has 100 valence electrons. The summed E-state index contributed by atoms with van der Waals surface area (Å²) in [6.07, 6.45) is 4.52. The molecule has 0 heterocycles. The van der Waals surface area contributed by atoms with E-state index in [9.17, 15) is 4.79 Å². The molecule has 1 atom stereocenters. The minimum atomic E-state index is -0.947. The fourth-order valence-electron chi connectivity index (χ4n) is 2.04. The molecule has 1 N–H and O–H groups in total. The lowest BCUT2D eigenvalue weighted by molar-refractivity contribution is -0.131. The van der Waals surface area contributed by atoms with Gasteiger partial charge in [0.05, 0.1) is 0 Å². The van der Waals surface area contributed by atoms with Crippen LogP contribution in [-0.2, 0) is 4.79 Å². The molecule has 0 saturated heterocycles. The average Bonchev–Trinajstić information content (AvgIpc) is 2.49. The molecule has 0 fully saturated rings. The number of carbonyl (C=O) groups is 1. The van der Waals surface area contributed by atoms with Crippen LogP contribution in [0, 0.1) is 0 Å². The molecule has 0 spiro atoms. The molecule has 20 heavy (non-hydrogen) atoms. The highest BCUT2D eigenvalue weighted by Crippen LogP contribution is 2.24. The maximum Gasteiger partial charge on any atom is 0.328 e. The number of benzene rings is 2. The van der Waals surface area contributed by atoms with Gasteiger partial charge in [-0.1, -0.05) is 66.7 Å². The number of hydrogen-bond acceptors (Lipinski definition) is 1. The molecule has 2 heteroatoms. The Morgan fingerprint density at radius 3 is 2.15 bits per heavy atom. The molecular weight excluding hydrogens is 248 g/mol. The Kier molecular flexibility index (Phi) is 4.51. The van der Waals surface area contributed by atoms with Gasteiger partial charge in [0.25, 0.3) is 0 Å². The van der Waals surface area contributed by atoms with E-state index in [4.69, 9.17) is 5.11 Å². The Labute approximate surface area is 118 Å². The van der Waals surface area contributed by atoms with Crippen LogP contribution in [0.3, 0.4) is 0 Å².